The van der Waals surface area contributed by atoms with Crippen LogP contribution in [-0.2, 0) is 11.3 Å². The van der Waals surface area contributed by atoms with Gasteiger partial charge in [-0.3, -0.25) is 9.69 Å². The molecule has 2 aliphatic heterocycles. The second-order valence-electron chi connectivity index (χ2n) is 7.83. The molecule has 0 aliphatic carbocycles. The lowest BCUT2D eigenvalue weighted by Crippen LogP contribution is -2.53. The van der Waals surface area contributed by atoms with Crippen LogP contribution in [0.3, 0.4) is 0 Å². The highest BCUT2D eigenvalue weighted by Crippen LogP contribution is 2.31. The van der Waals surface area contributed by atoms with E-state index in [0.717, 1.165) is 18.7 Å². The lowest BCUT2D eigenvalue weighted by Gasteiger charge is -2.36. The Morgan fingerprint density at radius 3 is 2.52 bits per heavy atom. The lowest BCUT2D eigenvalue weighted by atomic mass is 10.1. The monoisotopic (exact) mass is 420 g/mol. The standard InChI is InChI=1S/C23H24N4O4/c1-16-6-8-17(9-7-16)22-25-24-21(31-22)14-26-10-12-27(13-11-26)23(28)20-15-29-18-4-2-3-5-19(18)30-20/h2-9,20H,10-15H2,1H3/t20-/m1/s1. The molecule has 3 heterocycles. The van der Waals surface area contributed by atoms with Crippen molar-refractivity contribution in [2.45, 2.75) is 19.6 Å². The molecule has 8 heteroatoms. The van der Waals surface area contributed by atoms with E-state index < -0.39 is 6.10 Å². The zero-order chi connectivity index (χ0) is 21.2. The summed E-state index contributed by atoms with van der Waals surface area (Å²) in [5, 5.41) is 8.35. The highest BCUT2D eigenvalue weighted by Gasteiger charge is 2.32. The molecule has 5 rings (SSSR count). The van der Waals surface area contributed by atoms with E-state index >= 15 is 0 Å². The van der Waals surface area contributed by atoms with Crippen molar-refractivity contribution in [2.24, 2.45) is 0 Å². The maximum atomic E-state index is 12.9. The number of benzene rings is 2. The molecular weight excluding hydrogens is 396 g/mol. The van der Waals surface area contributed by atoms with E-state index in [2.05, 4.69) is 15.1 Å². The predicted molar refractivity (Wildman–Crippen MR) is 113 cm³/mol. The first-order chi connectivity index (χ1) is 15.2. The maximum absolute atomic E-state index is 12.9. The molecule has 31 heavy (non-hydrogen) atoms. The smallest absolute Gasteiger partial charge is 0.267 e. The average molecular weight is 420 g/mol. The minimum atomic E-state index is -0.602. The van der Waals surface area contributed by atoms with Gasteiger partial charge in [-0.2, -0.15) is 0 Å². The molecule has 3 aromatic rings. The molecule has 0 bridgehead atoms. The lowest BCUT2D eigenvalue weighted by molar-refractivity contribution is -0.143. The largest absolute Gasteiger partial charge is 0.485 e. The molecule has 1 aromatic heterocycles. The zero-order valence-electron chi connectivity index (χ0n) is 17.4. The van der Waals surface area contributed by atoms with Crippen LogP contribution >= 0.6 is 0 Å². The summed E-state index contributed by atoms with van der Waals surface area (Å²) in [5.74, 6) is 2.37. The molecule has 1 fully saturated rings. The first-order valence-corrected chi connectivity index (χ1v) is 10.4. The second kappa shape index (κ2) is 8.39. The second-order valence-corrected chi connectivity index (χ2v) is 7.83. The number of nitrogens with zero attached hydrogens (tertiary/aromatic N) is 4. The van der Waals surface area contributed by atoms with Gasteiger partial charge in [0.05, 0.1) is 6.54 Å². The van der Waals surface area contributed by atoms with Crippen LogP contribution in [0.4, 0.5) is 0 Å². The fraction of sp³-hybridized carbons (Fsp3) is 0.348. The van der Waals surface area contributed by atoms with Crippen LogP contribution < -0.4 is 9.47 Å². The van der Waals surface area contributed by atoms with Gasteiger partial charge in [-0.1, -0.05) is 29.8 Å². The Hall–Kier alpha value is -3.39. The number of fused-ring (bicyclic) bond motifs is 1. The minimum absolute atomic E-state index is 0.0337. The molecular formula is C23H24N4O4. The summed E-state index contributed by atoms with van der Waals surface area (Å²) in [4.78, 5) is 16.9. The van der Waals surface area contributed by atoms with Gasteiger partial charge in [0.15, 0.2) is 11.5 Å². The average Bonchev–Trinajstić information content (AvgIpc) is 3.27. The van der Waals surface area contributed by atoms with Crippen molar-refractivity contribution in [3.8, 4) is 23.0 Å². The van der Waals surface area contributed by atoms with Crippen LogP contribution in [0, 0.1) is 6.92 Å². The molecule has 0 saturated carbocycles. The normalized spacial score (nSPS) is 18.7. The Morgan fingerprint density at radius 2 is 1.74 bits per heavy atom. The van der Waals surface area contributed by atoms with Gasteiger partial charge in [0.25, 0.3) is 5.91 Å². The van der Waals surface area contributed by atoms with Crippen LogP contribution in [0.5, 0.6) is 11.5 Å². The van der Waals surface area contributed by atoms with E-state index in [1.807, 2.05) is 60.4 Å². The van der Waals surface area contributed by atoms with Crippen LogP contribution in [-0.4, -0.2) is 64.8 Å². The molecule has 0 spiro atoms. The van der Waals surface area contributed by atoms with E-state index in [4.69, 9.17) is 13.9 Å². The summed E-state index contributed by atoms with van der Waals surface area (Å²) in [6.45, 7) is 5.56. The summed E-state index contributed by atoms with van der Waals surface area (Å²) in [7, 11) is 0. The third-order valence-electron chi connectivity index (χ3n) is 5.59. The predicted octanol–water partition coefficient (Wildman–Crippen LogP) is 2.53. The van der Waals surface area contributed by atoms with Gasteiger partial charge in [0.2, 0.25) is 17.9 Å². The molecule has 160 valence electrons. The van der Waals surface area contributed by atoms with E-state index in [-0.39, 0.29) is 12.5 Å². The molecule has 0 unspecified atom stereocenters. The number of amides is 1. The first kappa shape index (κ1) is 19.6. The Morgan fingerprint density at radius 1 is 1.00 bits per heavy atom. The van der Waals surface area contributed by atoms with Crippen LogP contribution in [0.15, 0.2) is 52.9 Å². The fourth-order valence-electron chi connectivity index (χ4n) is 3.79. The van der Waals surface area contributed by atoms with Crippen LogP contribution in [0.25, 0.3) is 11.5 Å². The molecule has 0 radical (unpaired) electrons. The van der Waals surface area contributed by atoms with Crippen LogP contribution in [0.1, 0.15) is 11.5 Å². The molecule has 1 amide bonds. The Labute approximate surface area is 180 Å². The van der Waals surface area contributed by atoms with E-state index in [1.54, 1.807) is 0 Å². The molecule has 2 aromatic carbocycles. The number of rotatable bonds is 4. The highest BCUT2D eigenvalue weighted by molar-refractivity contribution is 5.82. The summed E-state index contributed by atoms with van der Waals surface area (Å²) >= 11 is 0. The van der Waals surface area contributed by atoms with Gasteiger partial charge in [-0.15, -0.1) is 10.2 Å². The van der Waals surface area contributed by atoms with Crippen molar-refractivity contribution in [3.63, 3.8) is 0 Å². The highest BCUT2D eigenvalue weighted by atomic mass is 16.6. The van der Waals surface area contributed by atoms with Gasteiger partial charge >= 0.3 is 0 Å². The SMILES string of the molecule is Cc1ccc(-c2nnc(CN3CCN(C(=O)[C@H]4COc5ccccc5O4)CC3)o2)cc1. The maximum Gasteiger partial charge on any atom is 0.267 e. The third kappa shape index (κ3) is 4.25. The van der Waals surface area contributed by atoms with Crippen molar-refractivity contribution < 1.29 is 18.7 Å². The fourth-order valence-corrected chi connectivity index (χ4v) is 3.79. The van der Waals surface area contributed by atoms with Gasteiger partial charge < -0.3 is 18.8 Å². The third-order valence-corrected chi connectivity index (χ3v) is 5.59. The van der Waals surface area contributed by atoms with Crippen LogP contribution in [0.2, 0.25) is 0 Å². The minimum Gasteiger partial charge on any atom is -0.485 e. The van der Waals surface area contributed by atoms with Gasteiger partial charge in [-0.25, -0.2) is 0 Å². The Kier molecular flexibility index (Phi) is 5.30. The van der Waals surface area contributed by atoms with E-state index in [0.29, 0.717) is 42.9 Å². The van der Waals surface area contributed by atoms with E-state index in [1.165, 1.54) is 5.56 Å². The summed E-state index contributed by atoms with van der Waals surface area (Å²) in [5.41, 5.74) is 2.10. The number of para-hydroxylation sites is 2. The first-order valence-electron chi connectivity index (χ1n) is 10.4. The Balaban J connectivity index is 1.14. The number of hydrogen-bond donors (Lipinski definition) is 0. The van der Waals surface area contributed by atoms with E-state index in [9.17, 15) is 4.79 Å². The Bertz CT molecular complexity index is 1060. The van der Waals surface area contributed by atoms with Gasteiger partial charge in [-0.05, 0) is 31.2 Å². The summed E-state index contributed by atoms with van der Waals surface area (Å²) in [6.07, 6.45) is -0.602. The summed E-state index contributed by atoms with van der Waals surface area (Å²) < 4.78 is 17.4. The molecule has 0 N–H and O–H groups in total. The number of piperazine rings is 1. The summed E-state index contributed by atoms with van der Waals surface area (Å²) in [6, 6.07) is 15.4. The number of carbonyl (C=O) groups is 1. The number of aromatic nitrogens is 2. The number of aryl methyl sites for hydroxylation is 1. The molecule has 1 saturated heterocycles. The number of hydrogen-bond acceptors (Lipinski definition) is 7. The van der Waals surface area contributed by atoms with Crippen molar-refractivity contribution in [1.29, 1.82) is 0 Å². The topological polar surface area (TPSA) is 80.9 Å². The molecule has 8 nitrogen and oxygen atoms in total. The van der Waals surface area contributed by atoms with Crippen molar-refractivity contribution in [2.75, 3.05) is 32.8 Å². The van der Waals surface area contributed by atoms with Crippen molar-refractivity contribution >= 4 is 5.91 Å². The molecule has 1 atom stereocenters. The van der Waals surface area contributed by atoms with Crippen molar-refractivity contribution in [1.82, 2.24) is 20.0 Å². The molecule has 2 aliphatic rings. The number of ether oxygens (including phenoxy) is 2. The van der Waals surface area contributed by atoms with Gasteiger partial charge in [0.1, 0.15) is 6.61 Å². The van der Waals surface area contributed by atoms with Crippen molar-refractivity contribution in [3.05, 3.63) is 60.0 Å². The number of carbonyl (C=O) groups excluding carboxylic acids is 1. The zero-order valence-corrected chi connectivity index (χ0v) is 17.4. The quantitative estimate of drug-likeness (QED) is 0.642. The van der Waals surface area contributed by atoms with Gasteiger partial charge in [0, 0.05) is 31.7 Å².